The highest BCUT2D eigenvalue weighted by Gasteiger charge is 2.52. The molecule has 2 nitrogen and oxygen atoms in total. The lowest BCUT2D eigenvalue weighted by molar-refractivity contribution is -0.112. The molecule has 2 aliphatic heterocycles. The molecule has 2 saturated heterocycles. The van der Waals surface area contributed by atoms with Gasteiger partial charge in [0.25, 0.3) is 0 Å². The minimum Gasteiger partial charge on any atom is -0.305 e. The minimum atomic E-state index is -0.129. The summed E-state index contributed by atoms with van der Waals surface area (Å²) < 4.78 is -0.129. The van der Waals surface area contributed by atoms with Gasteiger partial charge in [-0.25, -0.2) is 0 Å². The topological polar surface area (TPSA) is 29.1 Å². The molecule has 1 aromatic rings. The normalized spacial score (nSPS) is 32.4. The van der Waals surface area contributed by atoms with E-state index in [1.165, 1.54) is 11.8 Å². The van der Waals surface area contributed by atoms with Crippen LogP contribution in [0.1, 0.15) is 12.0 Å². The van der Waals surface area contributed by atoms with E-state index in [0.29, 0.717) is 10.0 Å². The molecule has 5 heteroatoms. The molecule has 16 heavy (non-hydrogen) atoms. The lowest BCUT2D eigenvalue weighted by Gasteiger charge is -2.25. The van der Waals surface area contributed by atoms with Crippen LogP contribution in [0.15, 0.2) is 18.2 Å². The zero-order valence-electron chi connectivity index (χ0n) is 8.30. The summed E-state index contributed by atoms with van der Waals surface area (Å²) in [6.45, 7) is 0.825. The van der Waals surface area contributed by atoms with Gasteiger partial charge in [0.2, 0.25) is 5.12 Å². The number of halogens is 2. The van der Waals surface area contributed by atoms with E-state index in [9.17, 15) is 4.79 Å². The van der Waals surface area contributed by atoms with Crippen molar-refractivity contribution in [2.75, 3.05) is 6.54 Å². The van der Waals surface area contributed by atoms with Crippen LogP contribution < -0.4 is 5.32 Å². The molecule has 0 saturated carbocycles. The maximum atomic E-state index is 11.6. The highest BCUT2D eigenvalue weighted by atomic mass is 35.5. The average Bonchev–Trinajstić information content (AvgIpc) is 2.80. The molecule has 2 heterocycles. The Morgan fingerprint density at radius 1 is 1.38 bits per heavy atom. The van der Waals surface area contributed by atoms with E-state index in [2.05, 4.69) is 5.32 Å². The molecule has 1 N–H and O–H groups in total. The van der Waals surface area contributed by atoms with Crippen LogP contribution >= 0.6 is 35.0 Å². The van der Waals surface area contributed by atoms with Gasteiger partial charge in [0, 0.05) is 6.54 Å². The second-order valence-electron chi connectivity index (χ2n) is 4.18. The van der Waals surface area contributed by atoms with E-state index in [1.807, 2.05) is 12.1 Å². The molecular formula is C11H9Cl2NOS. The molecule has 2 fully saturated rings. The van der Waals surface area contributed by atoms with Gasteiger partial charge in [0.05, 0.1) is 20.8 Å². The standard InChI is InChI=1S/C11H9Cl2NOS/c12-7-2-1-6(3-8(7)13)11-4-9(14-5-11)10(15)16-11/h1-3,9,14H,4-5H2. The molecule has 0 amide bonds. The van der Waals surface area contributed by atoms with E-state index in [0.717, 1.165) is 18.5 Å². The van der Waals surface area contributed by atoms with Gasteiger partial charge >= 0.3 is 0 Å². The Morgan fingerprint density at radius 3 is 2.75 bits per heavy atom. The largest absolute Gasteiger partial charge is 0.305 e. The van der Waals surface area contributed by atoms with Crippen molar-refractivity contribution in [3.63, 3.8) is 0 Å². The van der Waals surface area contributed by atoms with Crippen molar-refractivity contribution in [3.05, 3.63) is 33.8 Å². The van der Waals surface area contributed by atoms with Crippen molar-refractivity contribution in [1.29, 1.82) is 0 Å². The predicted octanol–water partition coefficient (Wildman–Crippen LogP) is 2.82. The van der Waals surface area contributed by atoms with Crippen LogP contribution in [0.4, 0.5) is 0 Å². The highest BCUT2D eigenvalue weighted by Crippen LogP contribution is 2.51. The van der Waals surface area contributed by atoms with Crippen molar-refractivity contribution in [3.8, 4) is 0 Å². The smallest absolute Gasteiger partial charge is 0.206 e. The fourth-order valence-corrected chi connectivity index (χ4v) is 3.97. The molecule has 84 valence electrons. The Bertz CT molecular complexity index is 479. The van der Waals surface area contributed by atoms with Gasteiger partial charge in [0.15, 0.2) is 0 Å². The fourth-order valence-electron chi connectivity index (χ4n) is 2.33. The third-order valence-corrected chi connectivity index (χ3v) is 5.36. The van der Waals surface area contributed by atoms with E-state index < -0.39 is 0 Å². The number of nitrogens with one attached hydrogen (secondary N) is 1. The summed E-state index contributed by atoms with van der Waals surface area (Å²) in [7, 11) is 0. The third kappa shape index (κ3) is 1.50. The molecule has 0 spiro atoms. The zero-order valence-corrected chi connectivity index (χ0v) is 10.6. The first-order valence-corrected chi connectivity index (χ1v) is 6.60. The van der Waals surface area contributed by atoms with Crippen LogP contribution in [0, 0.1) is 0 Å². The summed E-state index contributed by atoms with van der Waals surface area (Å²) in [5.41, 5.74) is 1.09. The number of carbonyl (C=O) groups is 1. The molecule has 0 radical (unpaired) electrons. The second-order valence-corrected chi connectivity index (χ2v) is 6.38. The Balaban J connectivity index is 2.04. The van der Waals surface area contributed by atoms with Gasteiger partial charge in [0.1, 0.15) is 0 Å². The summed E-state index contributed by atoms with van der Waals surface area (Å²) in [6, 6.07) is 5.65. The van der Waals surface area contributed by atoms with Gasteiger partial charge in [-0.1, -0.05) is 41.0 Å². The first kappa shape index (κ1) is 10.9. The van der Waals surface area contributed by atoms with Crippen LogP contribution in [-0.2, 0) is 9.54 Å². The van der Waals surface area contributed by atoms with Gasteiger partial charge in [-0.3, -0.25) is 4.79 Å². The van der Waals surface area contributed by atoms with Crippen molar-refractivity contribution in [1.82, 2.24) is 5.32 Å². The third-order valence-electron chi connectivity index (χ3n) is 3.19. The summed E-state index contributed by atoms with van der Waals surface area (Å²) >= 11 is 13.3. The average molecular weight is 274 g/mol. The first-order valence-electron chi connectivity index (χ1n) is 5.02. The Labute approximate surface area is 108 Å². The van der Waals surface area contributed by atoms with Crippen LogP contribution in [-0.4, -0.2) is 17.7 Å². The van der Waals surface area contributed by atoms with Gasteiger partial charge in [-0.2, -0.15) is 0 Å². The van der Waals surface area contributed by atoms with Gasteiger partial charge in [-0.05, 0) is 24.1 Å². The van der Waals surface area contributed by atoms with E-state index in [1.54, 1.807) is 6.07 Å². The van der Waals surface area contributed by atoms with E-state index in [4.69, 9.17) is 23.2 Å². The van der Waals surface area contributed by atoms with Crippen LogP contribution in [0.3, 0.4) is 0 Å². The Kier molecular flexibility index (Phi) is 2.48. The summed E-state index contributed by atoms with van der Waals surface area (Å²) in [6.07, 6.45) is 0.856. The van der Waals surface area contributed by atoms with E-state index >= 15 is 0 Å². The molecular weight excluding hydrogens is 265 g/mol. The maximum Gasteiger partial charge on any atom is 0.206 e. The zero-order chi connectivity index (χ0) is 11.3. The maximum absolute atomic E-state index is 11.6. The number of benzene rings is 1. The van der Waals surface area contributed by atoms with Gasteiger partial charge in [-0.15, -0.1) is 0 Å². The number of hydrogen-bond acceptors (Lipinski definition) is 3. The first-order chi connectivity index (χ1) is 7.61. The van der Waals surface area contributed by atoms with Gasteiger partial charge < -0.3 is 5.32 Å². The predicted molar refractivity (Wildman–Crippen MR) is 67.1 cm³/mol. The highest BCUT2D eigenvalue weighted by molar-refractivity contribution is 8.15. The fraction of sp³-hybridized carbons (Fsp3) is 0.364. The molecule has 1 aromatic carbocycles. The van der Waals surface area contributed by atoms with Crippen molar-refractivity contribution >= 4 is 40.1 Å². The molecule has 0 aliphatic carbocycles. The molecule has 2 atom stereocenters. The molecule has 2 aliphatic rings. The number of thioether (sulfide) groups is 1. The monoisotopic (exact) mass is 273 g/mol. The lowest BCUT2D eigenvalue weighted by atomic mass is 9.96. The summed E-state index contributed by atoms with van der Waals surface area (Å²) in [5.74, 6) is 0. The quantitative estimate of drug-likeness (QED) is 0.853. The van der Waals surface area contributed by atoms with Crippen molar-refractivity contribution in [2.24, 2.45) is 0 Å². The summed E-state index contributed by atoms with van der Waals surface area (Å²) in [4.78, 5) is 11.6. The van der Waals surface area contributed by atoms with Crippen LogP contribution in [0.25, 0.3) is 0 Å². The molecule has 0 aromatic heterocycles. The number of rotatable bonds is 1. The SMILES string of the molecule is O=C1SC2(c3ccc(Cl)c(Cl)c3)CNC1C2. The van der Waals surface area contributed by atoms with Crippen molar-refractivity contribution < 1.29 is 4.79 Å². The Hall–Kier alpha value is -0.220. The number of fused-ring (bicyclic) bond motifs is 2. The Morgan fingerprint density at radius 2 is 2.19 bits per heavy atom. The van der Waals surface area contributed by atoms with Crippen LogP contribution in [0.2, 0.25) is 10.0 Å². The molecule has 2 unspecified atom stereocenters. The van der Waals surface area contributed by atoms with Crippen molar-refractivity contribution in [2.45, 2.75) is 17.2 Å². The minimum absolute atomic E-state index is 0.0134. The molecule has 2 bridgehead atoms. The summed E-state index contributed by atoms with van der Waals surface area (Å²) in [5, 5.41) is 4.57. The second kappa shape index (κ2) is 3.64. The molecule has 3 rings (SSSR count). The van der Waals surface area contributed by atoms with Crippen LogP contribution in [0.5, 0.6) is 0 Å². The number of carbonyl (C=O) groups excluding carboxylic acids is 1. The van der Waals surface area contributed by atoms with E-state index in [-0.39, 0.29) is 15.9 Å². The number of hydrogen-bond donors (Lipinski definition) is 1. The lowest BCUT2D eigenvalue weighted by Crippen LogP contribution is -2.34.